The van der Waals surface area contributed by atoms with Crippen LogP contribution in [0, 0.1) is 5.41 Å². The van der Waals surface area contributed by atoms with Crippen LogP contribution >= 0.6 is 0 Å². The Morgan fingerprint density at radius 3 is 2.62 bits per heavy atom. The Bertz CT molecular complexity index is 1280. The molecule has 0 aliphatic carbocycles. The zero-order valence-corrected chi connectivity index (χ0v) is 16.8. The van der Waals surface area contributed by atoms with Crippen molar-refractivity contribution < 1.29 is 19.7 Å². The number of carbonyl (C=O) groups is 1. The first kappa shape index (κ1) is 20.8. The first-order valence-electron chi connectivity index (χ1n) is 9.70. The molecule has 1 atom stereocenters. The van der Waals surface area contributed by atoms with E-state index in [4.69, 9.17) is 15.9 Å². The Morgan fingerprint density at radius 1 is 1.12 bits per heavy atom. The molecule has 32 heavy (non-hydrogen) atoms. The second kappa shape index (κ2) is 8.75. The first-order chi connectivity index (χ1) is 15.5. The number of rotatable bonds is 7. The average Bonchev–Trinajstić information content (AvgIpc) is 3.30. The summed E-state index contributed by atoms with van der Waals surface area (Å²) in [5, 5.41) is 27.6. The summed E-state index contributed by atoms with van der Waals surface area (Å²) >= 11 is 0. The fourth-order valence-corrected chi connectivity index (χ4v) is 3.35. The number of hydrogen-bond donors (Lipinski definition) is 5. The van der Waals surface area contributed by atoms with Crippen LogP contribution in [-0.4, -0.2) is 32.4 Å². The van der Waals surface area contributed by atoms with Crippen molar-refractivity contribution in [2.45, 2.75) is 6.10 Å². The number of aromatic nitrogens is 2. The predicted octanol–water partition coefficient (Wildman–Crippen LogP) is 4.23. The number of nitrogens with one attached hydrogen (secondary N) is 2. The maximum atomic E-state index is 11.7. The molecule has 1 heterocycles. The van der Waals surface area contributed by atoms with E-state index in [0.29, 0.717) is 22.8 Å². The van der Waals surface area contributed by atoms with Gasteiger partial charge in [-0.25, -0.2) is 9.78 Å². The molecule has 6 N–H and O–H groups in total. The third-order valence-electron chi connectivity index (χ3n) is 4.94. The molecule has 0 aliphatic rings. The number of imidazole rings is 1. The van der Waals surface area contributed by atoms with Crippen LogP contribution in [0.2, 0.25) is 0 Å². The SMILES string of the molecule is N=Cc1c(N)ccc(Oc2cccc(-c3ncc(C(O)c4ccccc4)[nH]3)c2)c1C(=O)O. The fourth-order valence-electron chi connectivity index (χ4n) is 3.35. The van der Waals surface area contributed by atoms with E-state index in [1.165, 1.54) is 12.1 Å². The number of aromatic amines is 1. The Hall–Kier alpha value is -4.43. The van der Waals surface area contributed by atoms with Crippen LogP contribution in [-0.2, 0) is 0 Å². The number of aliphatic hydroxyl groups excluding tert-OH is 1. The lowest BCUT2D eigenvalue weighted by Gasteiger charge is -2.13. The largest absolute Gasteiger partial charge is 0.478 e. The fraction of sp³-hybridized carbons (Fsp3) is 0.0417. The minimum absolute atomic E-state index is 0.0713. The number of carboxylic acid groups (broad SMARTS) is 1. The van der Waals surface area contributed by atoms with Gasteiger partial charge in [-0.15, -0.1) is 0 Å². The number of anilines is 1. The number of aromatic carboxylic acids is 1. The van der Waals surface area contributed by atoms with Gasteiger partial charge >= 0.3 is 5.97 Å². The zero-order chi connectivity index (χ0) is 22.7. The molecular formula is C24H20N4O4. The van der Waals surface area contributed by atoms with E-state index < -0.39 is 12.1 Å². The van der Waals surface area contributed by atoms with Gasteiger partial charge in [0.2, 0.25) is 0 Å². The molecule has 0 bridgehead atoms. The average molecular weight is 428 g/mol. The highest BCUT2D eigenvalue weighted by Crippen LogP contribution is 2.32. The maximum absolute atomic E-state index is 11.7. The number of carboxylic acids is 1. The van der Waals surface area contributed by atoms with E-state index in [9.17, 15) is 15.0 Å². The van der Waals surface area contributed by atoms with Gasteiger partial charge in [0.05, 0.1) is 11.9 Å². The molecule has 0 fully saturated rings. The van der Waals surface area contributed by atoms with Gasteiger partial charge in [0, 0.05) is 23.0 Å². The van der Waals surface area contributed by atoms with Crippen molar-refractivity contribution in [1.82, 2.24) is 9.97 Å². The summed E-state index contributed by atoms with van der Waals surface area (Å²) in [4.78, 5) is 19.2. The van der Waals surface area contributed by atoms with E-state index in [1.54, 1.807) is 24.4 Å². The topological polar surface area (TPSA) is 145 Å². The number of ether oxygens (including phenoxy) is 1. The Morgan fingerprint density at radius 2 is 1.91 bits per heavy atom. The van der Waals surface area contributed by atoms with E-state index in [1.807, 2.05) is 36.4 Å². The van der Waals surface area contributed by atoms with E-state index >= 15 is 0 Å². The molecule has 8 heteroatoms. The van der Waals surface area contributed by atoms with Gasteiger partial charge < -0.3 is 31.1 Å². The van der Waals surface area contributed by atoms with E-state index in [0.717, 1.165) is 11.8 Å². The maximum Gasteiger partial charge on any atom is 0.340 e. The van der Waals surface area contributed by atoms with Crippen LogP contribution in [0.4, 0.5) is 5.69 Å². The molecule has 0 spiro atoms. The highest BCUT2D eigenvalue weighted by Gasteiger charge is 2.19. The van der Waals surface area contributed by atoms with E-state index in [-0.39, 0.29) is 22.6 Å². The minimum Gasteiger partial charge on any atom is -0.478 e. The number of nitrogens with two attached hydrogens (primary N) is 1. The number of benzene rings is 3. The number of aliphatic hydroxyl groups is 1. The standard InChI is InChI=1S/C24H20N4O4/c25-12-17-18(26)9-10-20(21(17)24(30)31)32-16-8-4-7-15(11-16)23-27-13-19(28-23)22(29)14-5-2-1-3-6-14/h1-13,22,25,29H,26H2,(H,27,28)(H,30,31). The lowest BCUT2D eigenvalue weighted by molar-refractivity contribution is 0.0694. The van der Waals surface area contributed by atoms with Gasteiger partial charge in [-0.3, -0.25) is 0 Å². The number of hydrogen-bond acceptors (Lipinski definition) is 6. The van der Waals surface area contributed by atoms with Crippen molar-refractivity contribution in [2.24, 2.45) is 0 Å². The minimum atomic E-state index is -1.24. The monoisotopic (exact) mass is 428 g/mol. The number of H-pyrrole nitrogens is 1. The quantitative estimate of drug-likeness (QED) is 0.220. The summed E-state index contributed by atoms with van der Waals surface area (Å²) in [6.07, 6.45) is 1.62. The summed E-state index contributed by atoms with van der Waals surface area (Å²) < 4.78 is 5.82. The third-order valence-corrected chi connectivity index (χ3v) is 4.94. The molecule has 0 saturated carbocycles. The highest BCUT2D eigenvalue weighted by molar-refractivity contribution is 6.03. The summed E-state index contributed by atoms with van der Waals surface area (Å²) in [5.41, 5.74) is 7.85. The van der Waals surface area contributed by atoms with Crippen molar-refractivity contribution >= 4 is 17.9 Å². The van der Waals surface area contributed by atoms with Crippen LogP contribution in [0.3, 0.4) is 0 Å². The summed E-state index contributed by atoms with van der Waals surface area (Å²) in [6.45, 7) is 0. The lowest BCUT2D eigenvalue weighted by Crippen LogP contribution is -2.07. The van der Waals surface area contributed by atoms with Crippen LogP contribution in [0.15, 0.2) is 72.9 Å². The van der Waals surface area contributed by atoms with Crippen molar-refractivity contribution in [2.75, 3.05) is 5.73 Å². The first-order valence-corrected chi connectivity index (χ1v) is 9.70. The van der Waals surface area contributed by atoms with Crippen LogP contribution in [0.1, 0.15) is 33.3 Å². The number of nitrogen functional groups attached to an aromatic ring is 1. The molecule has 4 aromatic rings. The lowest BCUT2D eigenvalue weighted by atomic mass is 10.1. The number of nitrogens with zero attached hydrogens (tertiary/aromatic N) is 1. The Labute approximate surface area is 183 Å². The third kappa shape index (κ3) is 4.07. The highest BCUT2D eigenvalue weighted by atomic mass is 16.5. The molecule has 3 aromatic carbocycles. The second-order valence-electron chi connectivity index (χ2n) is 7.02. The molecule has 1 aromatic heterocycles. The van der Waals surface area contributed by atoms with Crippen LogP contribution < -0.4 is 10.5 Å². The van der Waals surface area contributed by atoms with Crippen molar-refractivity contribution in [3.8, 4) is 22.9 Å². The van der Waals surface area contributed by atoms with Gasteiger partial charge in [-0.1, -0.05) is 42.5 Å². The molecule has 0 amide bonds. The van der Waals surface area contributed by atoms with Gasteiger partial charge in [-0.05, 0) is 29.8 Å². The van der Waals surface area contributed by atoms with E-state index in [2.05, 4.69) is 9.97 Å². The summed E-state index contributed by atoms with van der Waals surface area (Å²) in [6, 6.07) is 19.1. The van der Waals surface area contributed by atoms with Gasteiger partial charge in [-0.2, -0.15) is 0 Å². The molecule has 0 radical (unpaired) electrons. The van der Waals surface area contributed by atoms with Crippen molar-refractivity contribution in [3.63, 3.8) is 0 Å². The Balaban J connectivity index is 1.63. The predicted molar refractivity (Wildman–Crippen MR) is 120 cm³/mol. The van der Waals surface area contributed by atoms with Gasteiger partial charge in [0.15, 0.2) is 0 Å². The smallest absolute Gasteiger partial charge is 0.340 e. The Kier molecular flexibility index (Phi) is 5.69. The molecule has 0 saturated heterocycles. The van der Waals surface area contributed by atoms with Crippen LogP contribution in [0.5, 0.6) is 11.5 Å². The summed E-state index contributed by atoms with van der Waals surface area (Å²) in [5.74, 6) is -0.266. The molecule has 8 nitrogen and oxygen atoms in total. The van der Waals surface area contributed by atoms with Gasteiger partial charge in [0.25, 0.3) is 0 Å². The molecule has 160 valence electrons. The zero-order valence-electron chi connectivity index (χ0n) is 16.8. The second-order valence-corrected chi connectivity index (χ2v) is 7.02. The van der Waals surface area contributed by atoms with Crippen LogP contribution in [0.25, 0.3) is 11.4 Å². The van der Waals surface area contributed by atoms with Gasteiger partial charge in [0.1, 0.15) is 29.0 Å². The van der Waals surface area contributed by atoms with Crippen molar-refractivity contribution in [3.05, 3.63) is 95.3 Å². The molecule has 0 aliphatic heterocycles. The molecule has 1 unspecified atom stereocenters. The normalized spacial score (nSPS) is 11.7. The van der Waals surface area contributed by atoms with Crippen molar-refractivity contribution in [1.29, 1.82) is 5.41 Å². The molecule has 4 rings (SSSR count). The summed E-state index contributed by atoms with van der Waals surface area (Å²) in [7, 11) is 0. The molecular weight excluding hydrogens is 408 g/mol.